The van der Waals surface area contributed by atoms with Crippen LogP contribution in [0.2, 0.25) is 0 Å². The summed E-state index contributed by atoms with van der Waals surface area (Å²) in [5.74, 6) is -1.72. The van der Waals surface area contributed by atoms with E-state index in [-0.39, 0.29) is 36.8 Å². The van der Waals surface area contributed by atoms with Crippen LogP contribution in [0.25, 0.3) is 0 Å². The summed E-state index contributed by atoms with van der Waals surface area (Å²) in [5.41, 5.74) is 5.09. The van der Waals surface area contributed by atoms with Crippen LogP contribution >= 0.6 is 12.4 Å². The molecule has 0 aromatic heterocycles. The summed E-state index contributed by atoms with van der Waals surface area (Å²) in [6, 6.07) is 3.15. The first-order chi connectivity index (χ1) is 7.84. The monoisotopic (exact) mass is 278 g/mol. The van der Waals surface area contributed by atoms with E-state index in [1.165, 1.54) is 6.07 Å². The Bertz CT molecular complexity index is 425. The van der Waals surface area contributed by atoms with Gasteiger partial charge in [0.2, 0.25) is 5.91 Å². The maximum absolute atomic E-state index is 13.3. The Hall–Kier alpha value is -1.20. The number of nitrogens with one attached hydrogen (secondary N) is 1. The molecule has 0 heterocycles. The van der Waals surface area contributed by atoms with Gasteiger partial charge >= 0.3 is 0 Å². The van der Waals surface area contributed by atoms with Crippen LogP contribution in [0, 0.1) is 11.6 Å². The topological polar surface area (TPSA) is 55.1 Å². The molecule has 1 amide bonds. The van der Waals surface area contributed by atoms with Crippen LogP contribution in [0.4, 0.5) is 8.78 Å². The summed E-state index contributed by atoms with van der Waals surface area (Å²) >= 11 is 0. The summed E-state index contributed by atoms with van der Waals surface area (Å²) < 4.78 is 25.9. The molecule has 0 spiro atoms. The summed E-state index contributed by atoms with van der Waals surface area (Å²) in [6.07, 6.45) is -0.129. The molecule has 0 atom stereocenters. The SMILES string of the molecule is CC(C)(CN)NC(=O)Cc1ccc(F)cc1F.Cl. The fraction of sp³-hybridized carbons (Fsp3) is 0.417. The molecule has 0 fully saturated rings. The van der Waals surface area contributed by atoms with Crippen molar-refractivity contribution in [1.29, 1.82) is 0 Å². The first kappa shape index (κ1) is 16.8. The van der Waals surface area contributed by atoms with Gasteiger partial charge in [0, 0.05) is 18.2 Å². The zero-order valence-electron chi connectivity index (χ0n) is 10.3. The minimum absolute atomic E-state index is 0. The third-order valence-electron chi connectivity index (χ3n) is 2.35. The van der Waals surface area contributed by atoms with Crippen LogP contribution in [0.1, 0.15) is 19.4 Å². The second-order valence-electron chi connectivity index (χ2n) is 4.55. The second kappa shape index (κ2) is 6.66. The number of hydrogen-bond donors (Lipinski definition) is 2. The summed E-state index contributed by atoms with van der Waals surface area (Å²) in [7, 11) is 0. The molecule has 0 aliphatic carbocycles. The van der Waals surface area contributed by atoms with Crippen LogP contribution in [-0.4, -0.2) is 18.0 Å². The molecule has 102 valence electrons. The zero-order valence-corrected chi connectivity index (χ0v) is 11.1. The predicted octanol–water partition coefficient (Wildman–Crippen LogP) is 1.78. The molecule has 6 heteroatoms. The van der Waals surface area contributed by atoms with E-state index in [2.05, 4.69) is 5.32 Å². The first-order valence-electron chi connectivity index (χ1n) is 5.29. The molecule has 0 radical (unpaired) electrons. The van der Waals surface area contributed by atoms with Gasteiger partial charge in [0.1, 0.15) is 11.6 Å². The fourth-order valence-corrected chi connectivity index (χ4v) is 1.31. The molecular weight excluding hydrogens is 262 g/mol. The molecule has 0 saturated carbocycles. The highest BCUT2D eigenvalue weighted by Crippen LogP contribution is 2.10. The van der Waals surface area contributed by atoms with Crippen molar-refractivity contribution >= 4 is 18.3 Å². The Morgan fingerprint density at radius 3 is 2.50 bits per heavy atom. The summed E-state index contributed by atoms with van der Waals surface area (Å²) in [6.45, 7) is 3.82. The van der Waals surface area contributed by atoms with Crippen molar-refractivity contribution in [2.45, 2.75) is 25.8 Å². The van der Waals surface area contributed by atoms with Crippen molar-refractivity contribution in [3.63, 3.8) is 0 Å². The van der Waals surface area contributed by atoms with Crippen molar-refractivity contribution in [3.8, 4) is 0 Å². The minimum Gasteiger partial charge on any atom is -0.350 e. The molecule has 1 rings (SSSR count). The number of halogens is 3. The van der Waals surface area contributed by atoms with Crippen molar-refractivity contribution in [3.05, 3.63) is 35.4 Å². The molecule has 1 aromatic carbocycles. The normalized spacial score (nSPS) is 10.7. The van der Waals surface area contributed by atoms with Gasteiger partial charge < -0.3 is 11.1 Å². The van der Waals surface area contributed by atoms with Gasteiger partial charge in [-0.1, -0.05) is 6.07 Å². The van der Waals surface area contributed by atoms with Gasteiger partial charge in [0.25, 0.3) is 0 Å². The third kappa shape index (κ3) is 4.98. The number of carbonyl (C=O) groups is 1. The molecule has 0 bridgehead atoms. The van der Waals surface area contributed by atoms with Gasteiger partial charge in [-0.3, -0.25) is 4.79 Å². The van der Waals surface area contributed by atoms with Crippen LogP contribution in [0.3, 0.4) is 0 Å². The molecule has 0 aliphatic heterocycles. The van der Waals surface area contributed by atoms with Gasteiger partial charge in [-0.25, -0.2) is 8.78 Å². The van der Waals surface area contributed by atoms with Gasteiger partial charge in [0.15, 0.2) is 0 Å². The summed E-state index contributed by atoms with van der Waals surface area (Å²) in [5, 5.41) is 2.67. The van der Waals surface area contributed by atoms with E-state index in [1.807, 2.05) is 0 Å². The Morgan fingerprint density at radius 1 is 1.39 bits per heavy atom. The van der Waals surface area contributed by atoms with Crippen molar-refractivity contribution < 1.29 is 13.6 Å². The van der Waals surface area contributed by atoms with E-state index in [9.17, 15) is 13.6 Å². The maximum atomic E-state index is 13.3. The van der Waals surface area contributed by atoms with Gasteiger partial charge in [-0.15, -0.1) is 12.4 Å². The van der Waals surface area contributed by atoms with Crippen LogP contribution in [0.15, 0.2) is 18.2 Å². The molecule has 1 aromatic rings. The smallest absolute Gasteiger partial charge is 0.224 e. The number of hydrogen-bond acceptors (Lipinski definition) is 2. The first-order valence-corrected chi connectivity index (χ1v) is 5.29. The van der Waals surface area contributed by atoms with E-state index in [0.717, 1.165) is 12.1 Å². The van der Waals surface area contributed by atoms with Crippen LogP contribution in [-0.2, 0) is 11.2 Å². The van der Waals surface area contributed by atoms with E-state index in [4.69, 9.17) is 5.73 Å². The average Bonchev–Trinajstić information content (AvgIpc) is 2.21. The number of amides is 1. The second-order valence-corrected chi connectivity index (χ2v) is 4.55. The van der Waals surface area contributed by atoms with Crippen LogP contribution in [0.5, 0.6) is 0 Å². The fourth-order valence-electron chi connectivity index (χ4n) is 1.31. The van der Waals surface area contributed by atoms with Crippen molar-refractivity contribution in [1.82, 2.24) is 5.32 Å². The van der Waals surface area contributed by atoms with E-state index in [1.54, 1.807) is 13.8 Å². The van der Waals surface area contributed by atoms with E-state index < -0.39 is 17.2 Å². The Morgan fingerprint density at radius 2 is 2.00 bits per heavy atom. The Kier molecular flexibility index (Phi) is 6.21. The lowest BCUT2D eigenvalue weighted by Crippen LogP contribution is -2.49. The zero-order chi connectivity index (χ0) is 13.1. The highest BCUT2D eigenvalue weighted by atomic mass is 35.5. The van der Waals surface area contributed by atoms with Gasteiger partial charge in [-0.05, 0) is 25.5 Å². The lowest BCUT2D eigenvalue weighted by atomic mass is 10.0. The molecule has 0 unspecified atom stereocenters. The lowest BCUT2D eigenvalue weighted by Gasteiger charge is -2.24. The standard InChI is InChI=1S/C12H16F2N2O.ClH/c1-12(2,7-15)16-11(17)5-8-3-4-9(13)6-10(8)14;/h3-4,6H,5,7,15H2,1-2H3,(H,16,17);1H. The van der Waals surface area contributed by atoms with Crippen molar-refractivity contribution in [2.75, 3.05) is 6.54 Å². The molecular formula is C12H17ClF2N2O. The number of nitrogens with two attached hydrogens (primary N) is 1. The minimum atomic E-state index is -0.717. The molecule has 3 N–H and O–H groups in total. The van der Waals surface area contributed by atoms with Crippen molar-refractivity contribution in [2.24, 2.45) is 5.73 Å². The lowest BCUT2D eigenvalue weighted by molar-refractivity contribution is -0.121. The molecule has 18 heavy (non-hydrogen) atoms. The maximum Gasteiger partial charge on any atom is 0.224 e. The number of rotatable bonds is 4. The number of carbonyl (C=O) groups excluding carboxylic acids is 1. The number of benzene rings is 1. The Balaban J connectivity index is 0.00000289. The quantitative estimate of drug-likeness (QED) is 0.882. The highest BCUT2D eigenvalue weighted by molar-refractivity contribution is 5.85. The van der Waals surface area contributed by atoms with E-state index >= 15 is 0 Å². The molecule has 0 aliphatic rings. The molecule has 0 saturated heterocycles. The van der Waals surface area contributed by atoms with Crippen LogP contribution < -0.4 is 11.1 Å². The third-order valence-corrected chi connectivity index (χ3v) is 2.35. The van der Waals surface area contributed by atoms with Gasteiger partial charge in [0.05, 0.1) is 6.42 Å². The largest absolute Gasteiger partial charge is 0.350 e. The van der Waals surface area contributed by atoms with E-state index in [0.29, 0.717) is 0 Å². The average molecular weight is 279 g/mol. The summed E-state index contributed by atoms with van der Waals surface area (Å²) in [4.78, 5) is 11.6. The van der Waals surface area contributed by atoms with Gasteiger partial charge in [-0.2, -0.15) is 0 Å². The highest BCUT2D eigenvalue weighted by Gasteiger charge is 2.19. The predicted molar refractivity (Wildman–Crippen MR) is 68.6 cm³/mol. The molecule has 3 nitrogen and oxygen atoms in total. The Labute approximate surface area is 111 Å².